The van der Waals surface area contributed by atoms with E-state index in [0.717, 1.165) is 32.5 Å². The highest BCUT2D eigenvalue weighted by Gasteiger charge is 2.04. The molecule has 0 spiro atoms. The van der Waals surface area contributed by atoms with Crippen LogP contribution in [-0.2, 0) is 4.74 Å². The molecule has 3 nitrogen and oxygen atoms in total. The van der Waals surface area contributed by atoms with E-state index >= 15 is 0 Å². The Balaban J connectivity index is 3.19. The van der Waals surface area contributed by atoms with Gasteiger partial charge in [-0.3, -0.25) is 5.32 Å². The number of rotatable bonds is 17. The Morgan fingerprint density at radius 3 is 1.90 bits per heavy atom. The molecule has 0 radical (unpaired) electrons. The van der Waals surface area contributed by atoms with Crippen molar-refractivity contribution >= 4 is 0 Å². The lowest BCUT2D eigenvalue weighted by molar-refractivity contribution is 0.0251. The summed E-state index contributed by atoms with van der Waals surface area (Å²) in [6.07, 6.45) is 16.0. The Kier molecular flexibility index (Phi) is 17.8. The fourth-order valence-corrected chi connectivity index (χ4v) is 2.50. The van der Waals surface area contributed by atoms with Gasteiger partial charge in [-0.25, -0.2) is 0 Å². The largest absolute Gasteiger partial charge is 0.363 e. The number of hydrogen-bond acceptors (Lipinski definition) is 3. The van der Waals surface area contributed by atoms with E-state index in [1.54, 1.807) is 0 Å². The molecule has 0 bridgehead atoms. The predicted octanol–water partition coefficient (Wildman–Crippen LogP) is 4.60. The maximum absolute atomic E-state index is 5.86. The van der Waals surface area contributed by atoms with Crippen LogP contribution in [0.2, 0.25) is 0 Å². The molecule has 0 aromatic heterocycles. The monoisotopic (exact) mass is 300 g/mol. The van der Waals surface area contributed by atoms with Crippen molar-refractivity contribution in [2.24, 2.45) is 5.73 Å². The molecule has 3 N–H and O–H groups in total. The molecule has 0 aromatic rings. The Hall–Kier alpha value is -0.120. The summed E-state index contributed by atoms with van der Waals surface area (Å²) in [5.41, 5.74) is 5.49. The molecule has 0 aliphatic carbocycles. The third kappa shape index (κ3) is 16.1. The van der Waals surface area contributed by atoms with E-state index in [1.165, 1.54) is 64.2 Å². The zero-order valence-electron chi connectivity index (χ0n) is 14.7. The van der Waals surface area contributed by atoms with Crippen LogP contribution in [-0.4, -0.2) is 25.9 Å². The Morgan fingerprint density at radius 1 is 0.810 bits per heavy atom. The van der Waals surface area contributed by atoms with Crippen LogP contribution in [0, 0.1) is 0 Å². The molecule has 0 aliphatic heterocycles. The first-order chi connectivity index (χ1) is 10.3. The van der Waals surface area contributed by atoms with Gasteiger partial charge in [-0.15, -0.1) is 0 Å². The van der Waals surface area contributed by atoms with Crippen LogP contribution in [0.15, 0.2) is 0 Å². The molecule has 0 fully saturated rings. The van der Waals surface area contributed by atoms with Crippen molar-refractivity contribution in [3.8, 4) is 0 Å². The van der Waals surface area contributed by atoms with Gasteiger partial charge in [0, 0.05) is 6.61 Å². The summed E-state index contributed by atoms with van der Waals surface area (Å²) in [7, 11) is 0. The van der Waals surface area contributed by atoms with Crippen LogP contribution in [0.3, 0.4) is 0 Å². The van der Waals surface area contributed by atoms with E-state index in [4.69, 9.17) is 10.5 Å². The predicted molar refractivity (Wildman–Crippen MR) is 93.5 cm³/mol. The second kappa shape index (κ2) is 17.9. The van der Waals surface area contributed by atoms with Gasteiger partial charge >= 0.3 is 0 Å². The van der Waals surface area contributed by atoms with Gasteiger partial charge in [0.25, 0.3) is 0 Å². The Bertz CT molecular complexity index is 188. The standard InChI is InChI=1S/C18H40N2O/c1-3-5-6-7-8-9-10-11-12-13-17-21-18(4-2)20-16-14-15-19/h18,20H,3-17,19H2,1-2H3. The fourth-order valence-electron chi connectivity index (χ4n) is 2.50. The summed E-state index contributed by atoms with van der Waals surface area (Å²) < 4.78 is 5.86. The van der Waals surface area contributed by atoms with Crippen molar-refractivity contribution < 1.29 is 4.74 Å². The lowest BCUT2D eigenvalue weighted by Crippen LogP contribution is -2.33. The van der Waals surface area contributed by atoms with E-state index in [-0.39, 0.29) is 6.23 Å². The van der Waals surface area contributed by atoms with Crippen molar-refractivity contribution in [3.63, 3.8) is 0 Å². The number of nitrogens with one attached hydrogen (secondary N) is 1. The van der Waals surface area contributed by atoms with Crippen molar-refractivity contribution in [2.45, 2.75) is 97.1 Å². The smallest absolute Gasteiger partial charge is 0.107 e. The topological polar surface area (TPSA) is 47.3 Å². The molecule has 21 heavy (non-hydrogen) atoms. The van der Waals surface area contributed by atoms with Crippen LogP contribution in [0.25, 0.3) is 0 Å². The van der Waals surface area contributed by atoms with Gasteiger partial charge in [0.15, 0.2) is 0 Å². The van der Waals surface area contributed by atoms with Crippen molar-refractivity contribution in [3.05, 3.63) is 0 Å². The maximum Gasteiger partial charge on any atom is 0.107 e. The zero-order valence-corrected chi connectivity index (χ0v) is 14.7. The van der Waals surface area contributed by atoms with Crippen LogP contribution >= 0.6 is 0 Å². The van der Waals surface area contributed by atoms with Crippen LogP contribution < -0.4 is 11.1 Å². The summed E-state index contributed by atoms with van der Waals surface area (Å²) in [5.74, 6) is 0. The van der Waals surface area contributed by atoms with E-state index in [9.17, 15) is 0 Å². The third-order valence-corrected chi connectivity index (χ3v) is 3.94. The lowest BCUT2D eigenvalue weighted by atomic mass is 10.1. The first-order valence-electron chi connectivity index (χ1n) is 9.40. The second-order valence-corrected chi connectivity index (χ2v) is 6.05. The third-order valence-electron chi connectivity index (χ3n) is 3.94. The Morgan fingerprint density at radius 2 is 1.38 bits per heavy atom. The molecule has 0 rings (SSSR count). The highest BCUT2D eigenvalue weighted by atomic mass is 16.5. The van der Waals surface area contributed by atoms with Gasteiger partial charge in [0.1, 0.15) is 6.23 Å². The molecule has 0 amide bonds. The molecule has 0 aromatic carbocycles. The van der Waals surface area contributed by atoms with Gasteiger partial charge in [-0.1, -0.05) is 71.6 Å². The van der Waals surface area contributed by atoms with Crippen LogP contribution in [0.5, 0.6) is 0 Å². The molecule has 0 heterocycles. The van der Waals surface area contributed by atoms with Crippen LogP contribution in [0.1, 0.15) is 90.9 Å². The van der Waals surface area contributed by atoms with Gasteiger partial charge in [0.05, 0.1) is 0 Å². The molecule has 0 aliphatic rings. The molecule has 3 heteroatoms. The van der Waals surface area contributed by atoms with Gasteiger partial charge < -0.3 is 10.5 Å². The summed E-state index contributed by atoms with van der Waals surface area (Å²) in [6, 6.07) is 0. The normalized spacial score (nSPS) is 12.7. The van der Waals surface area contributed by atoms with E-state index in [0.29, 0.717) is 0 Å². The van der Waals surface area contributed by atoms with Crippen LogP contribution in [0.4, 0.5) is 0 Å². The molecule has 1 unspecified atom stereocenters. The van der Waals surface area contributed by atoms with Crippen molar-refractivity contribution in [1.82, 2.24) is 5.32 Å². The van der Waals surface area contributed by atoms with Crippen molar-refractivity contribution in [1.29, 1.82) is 0 Å². The van der Waals surface area contributed by atoms with E-state index < -0.39 is 0 Å². The first-order valence-corrected chi connectivity index (χ1v) is 9.40. The lowest BCUT2D eigenvalue weighted by Gasteiger charge is -2.17. The molecule has 0 saturated heterocycles. The molecule has 0 saturated carbocycles. The molecule has 128 valence electrons. The van der Waals surface area contributed by atoms with Crippen molar-refractivity contribution in [2.75, 3.05) is 19.7 Å². The molecule has 1 atom stereocenters. The zero-order chi connectivity index (χ0) is 15.6. The molecular weight excluding hydrogens is 260 g/mol. The minimum Gasteiger partial charge on any atom is -0.363 e. The Labute approximate surface area is 133 Å². The maximum atomic E-state index is 5.86. The molecular formula is C18H40N2O. The number of hydrogen-bond donors (Lipinski definition) is 2. The average molecular weight is 301 g/mol. The summed E-state index contributed by atoms with van der Waals surface area (Å²) in [4.78, 5) is 0. The summed E-state index contributed by atoms with van der Waals surface area (Å²) in [5, 5.41) is 3.40. The fraction of sp³-hybridized carbons (Fsp3) is 1.00. The number of unbranched alkanes of at least 4 members (excludes halogenated alkanes) is 9. The minimum absolute atomic E-state index is 0.218. The minimum atomic E-state index is 0.218. The van der Waals surface area contributed by atoms with Gasteiger partial charge in [-0.2, -0.15) is 0 Å². The SMILES string of the molecule is CCCCCCCCCCCCOC(CC)NCCCN. The first kappa shape index (κ1) is 20.9. The van der Waals surface area contributed by atoms with Gasteiger partial charge in [-0.05, 0) is 32.4 Å². The summed E-state index contributed by atoms with van der Waals surface area (Å²) >= 11 is 0. The highest BCUT2D eigenvalue weighted by Crippen LogP contribution is 2.10. The average Bonchev–Trinajstić information content (AvgIpc) is 2.51. The van der Waals surface area contributed by atoms with Gasteiger partial charge in [0.2, 0.25) is 0 Å². The number of ether oxygens (including phenoxy) is 1. The van der Waals surface area contributed by atoms with E-state index in [1.807, 2.05) is 0 Å². The summed E-state index contributed by atoms with van der Waals surface area (Å²) in [6.45, 7) is 7.05. The quantitative estimate of drug-likeness (QED) is 0.305. The second-order valence-electron chi connectivity index (χ2n) is 6.05. The van der Waals surface area contributed by atoms with E-state index in [2.05, 4.69) is 19.2 Å². The highest BCUT2D eigenvalue weighted by molar-refractivity contribution is 4.54. The number of nitrogens with two attached hydrogens (primary N) is 1.